The average molecular weight is 313 g/mol. The zero-order chi connectivity index (χ0) is 15.5. The number of hydrogen-bond acceptors (Lipinski definition) is 5. The Bertz CT molecular complexity index is 735. The average Bonchev–Trinajstić information content (AvgIpc) is 3.16. The summed E-state index contributed by atoms with van der Waals surface area (Å²) in [6, 6.07) is 7.23. The summed E-state index contributed by atoms with van der Waals surface area (Å²) < 4.78 is 5.79. The van der Waals surface area contributed by atoms with Gasteiger partial charge < -0.3 is 9.64 Å². The Labute approximate surface area is 132 Å². The summed E-state index contributed by atoms with van der Waals surface area (Å²) in [7, 11) is 0. The Kier molecular flexibility index (Phi) is 4.07. The topological polar surface area (TPSA) is 66.2 Å². The molecule has 6 heteroatoms. The summed E-state index contributed by atoms with van der Waals surface area (Å²) in [6.45, 7) is 3.21. The highest BCUT2D eigenvalue weighted by Crippen LogP contribution is 2.21. The maximum atomic E-state index is 12.4. The van der Waals surface area contributed by atoms with Gasteiger partial charge in [-0.25, -0.2) is 4.98 Å². The van der Waals surface area contributed by atoms with Gasteiger partial charge in [0.2, 0.25) is 5.88 Å². The molecule has 0 saturated carbocycles. The minimum Gasteiger partial charge on any atom is -0.472 e. The first-order valence-electron chi connectivity index (χ1n) is 7.03. The standard InChI is InChI=1S/C16H15N3O2S/c1-11-6-14(22-10-11)16(20)19-5-3-13(9-19)21-15-7-12(8-17)2-4-18-15/h2,4,6-7,10,13H,3,5,9H2,1H3. The van der Waals surface area contributed by atoms with Crippen molar-refractivity contribution in [1.29, 1.82) is 5.26 Å². The molecule has 0 bridgehead atoms. The first-order valence-corrected chi connectivity index (χ1v) is 7.91. The number of thiophene rings is 1. The molecule has 3 rings (SSSR count). The number of rotatable bonds is 3. The molecule has 5 nitrogen and oxygen atoms in total. The second kappa shape index (κ2) is 6.16. The van der Waals surface area contributed by atoms with Crippen LogP contribution in [0, 0.1) is 18.3 Å². The van der Waals surface area contributed by atoms with E-state index in [9.17, 15) is 4.79 Å². The Morgan fingerprint density at radius 1 is 1.55 bits per heavy atom. The van der Waals surface area contributed by atoms with Crippen molar-refractivity contribution in [2.24, 2.45) is 0 Å². The molecular formula is C16H15N3O2S. The van der Waals surface area contributed by atoms with Crippen molar-refractivity contribution in [3.8, 4) is 11.9 Å². The predicted octanol–water partition coefficient (Wildman–Crippen LogP) is 2.62. The lowest BCUT2D eigenvalue weighted by atomic mass is 10.3. The number of likely N-dealkylation sites (tertiary alicyclic amines) is 1. The highest BCUT2D eigenvalue weighted by Gasteiger charge is 2.29. The number of aryl methyl sites for hydroxylation is 1. The molecule has 1 aliphatic rings. The van der Waals surface area contributed by atoms with Crippen LogP contribution in [0.3, 0.4) is 0 Å². The molecule has 1 unspecified atom stereocenters. The summed E-state index contributed by atoms with van der Waals surface area (Å²) in [4.78, 5) is 19.1. The lowest BCUT2D eigenvalue weighted by Crippen LogP contribution is -2.30. The number of nitriles is 1. The molecule has 3 heterocycles. The molecule has 0 N–H and O–H groups in total. The molecule has 0 spiro atoms. The van der Waals surface area contributed by atoms with Crippen molar-refractivity contribution >= 4 is 17.2 Å². The van der Waals surface area contributed by atoms with Gasteiger partial charge in [0, 0.05) is 25.2 Å². The van der Waals surface area contributed by atoms with Gasteiger partial charge in [-0.05, 0) is 30.0 Å². The fourth-order valence-corrected chi connectivity index (χ4v) is 3.29. The van der Waals surface area contributed by atoms with Crippen LogP contribution >= 0.6 is 11.3 Å². The van der Waals surface area contributed by atoms with Gasteiger partial charge in [0.15, 0.2) is 0 Å². The van der Waals surface area contributed by atoms with Crippen molar-refractivity contribution in [2.45, 2.75) is 19.4 Å². The second-order valence-corrected chi connectivity index (χ2v) is 6.17. The quantitative estimate of drug-likeness (QED) is 0.873. The van der Waals surface area contributed by atoms with E-state index in [2.05, 4.69) is 11.1 Å². The second-order valence-electron chi connectivity index (χ2n) is 5.26. The van der Waals surface area contributed by atoms with Crippen LogP contribution < -0.4 is 4.74 Å². The fraction of sp³-hybridized carbons (Fsp3) is 0.312. The Morgan fingerprint density at radius 2 is 2.41 bits per heavy atom. The number of ether oxygens (including phenoxy) is 1. The minimum atomic E-state index is -0.0774. The molecule has 0 aliphatic carbocycles. The molecule has 1 aliphatic heterocycles. The molecule has 1 saturated heterocycles. The zero-order valence-electron chi connectivity index (χ0n) is 12.2. The number of carbonyl (C=O) groups excluding carboxylic acids is 1. The van der Waals surface area contributed by atoms with Gasteiger partial charge in [-0.15, -0.1) is 11.3 Å². The van der Waals surface area contributed by atoms with Crippen molar-refractivity contribution in [1.82, 2.24) is 9.88 Å². The number of hydrogen-bond donors (Lipinski definition) is 0. The maximum absolute atomic E-state index is 12.4. The molecular weight excluding hydrogens is 298 g/mol. The summed E-state index contributed by atoms with van der Waals surface area (Å²) in [5, 5.41) is 10.9. The van der Waals surface area contributed by atoms with E-state index in [0.29, 0.717) is 24.5 Å². The van der Waals surface area contributed by atoms with Crippen LogP contribution in [0.5, 0.6) is 5.88 Å². The van der Waals surface area contributed by atoms with E-state index in [4.69, 9.17) is 10.00 Å². The lowest BCUT2D eigenvalue weighted by molar-refractivity contribution is 0.0776. The van der Waals surface area contributed by atoms with Crippen LogP contribution in [-0.2, 0) is 0 Å². The Morgan fingerprint density at radius 3 is 3.14 bits per heavy atom. The van der Waals surface area contributed by atoms with Gasteiger partial charge in [-0.2, -0.15) is 5.26 Å². The van der Waals surface area contributed by atoms with Crippen LogP contribution in [-0.4, -0.2) is 35.0 Å². The van der Waals surface area contributed by atoms with Gasteiger partial charge >= 0.3 is 0 Å². The molecule has 0 radical (unpaired) electrons. The minimum absolute atomic E-state index is 0.0583. The molecule has 1 amide bonds. The van der Waals surface area contributed by atoms with Gasteiger partial charge in [-0.3, -0.25) is 4.79 Å². The van der Waals surface area contributed by atoms with E-state index in [1.807, 2.05) is 23.3 Å². The number of nitrogens with zero attached hydrogens (tertiary/aromatic N) is 3. The molecule has 0 aromatic carbocycles. The number of pyridine rings is 1. The number of amides is 1. The summed E-state index contributed by atoms with van der Waals surface area (Å²) in [5.74, 6) is 0.494. The Hall–Kier alpha value is -2.39. The number of carbonyl (C=O) groups is 1. The first-order chi connectivity index (χ1) is 10.7. The number of aromatic nitrogens is 1. The third-order valence-electron chi connectivity index (χ3n) is 3.52. The van der Waals surface area contributed by atoms with E-state index >= 15 is 0 Å². The van der Waals surface area contributed by atoms with E-state index < -0.39 is 0 Å². The predicted molar refractivity (Wildman–Crippen MR) is 82.9 cm³/mol. The highest BCUT2D eigenvalue weighted by molar-refractivity contribution is 7.12. The first kappa shape index (κ1) is 14.5. The van der Waals surface area contributed by atoms with E-state index in [1.54, 1.807) is 18.3 Å². The zero-order valence-corrected chi connectivity index (χ0v) is 13.0. The molecule has 22 heavy (non-hydrogen) atoms. The molecule has 2 aromatic rings. The van der Waals surface area contributed by atoms with Crippen molar-refractivity contribution < 1.29 is 9.53 Å². The largest absolute Gasteiger partial charge is 0.472 e. The van der Waals surface area contributed by atoms with Gasteiger partial charge in [0.25, 0.3) is 5.91 Å². The fourth-order valence-electron chi connectivity index (χ4n) is 2.42. The van der Waals surface area contributed by atoms with Crippen LogP contribution in [0.2, 0.25) is 0 Å². The SMILES string of the molecule is Cc1csc(C(=O)N2CCC(Oc3cc(C#N)ccn3)C2)c1. The summed E-state index contributed by atoms with van der Waals surface area (Å²) >= 11 is 1.47. The Balaban J connectivity index is 1.62. The molecule has 1 fully saturated rings. The van der Waals surface area contributed by atoms with E-state index in [0.717, 1.165) is 16.9 Å². The molecule has 112 valence electrons. The smallest absolute Gasteiger partial charge is 0.264 e. The normalized spacial score (nSPS) is 17.3. The van der Waals surface area contributed by atoms with Crippen molar-refractivity contribution in [3.05, 3.63) is 45.8 Å². The summed E-state index contributed by atoms with van der Waals surface area (Å²) in [5.41, 5.74) is 1.63. The van der Waals surface area contributed by atoms with Gasteiger partial charge in [0.1, 0.15) is 6.10 Å². The van der Waals surface area contributed by atoms with Crippen LogP contribution in [0.15, 0.2) is 29.8 Å². The monoisotopic (exact) mass is 313 g/mol. The maximum Gasteiger partial charge on any atom is 0.264 e. The van der Waals surface area contributed by atoms with Crippen LogP contribution in [0.4, 0.5) is 0 Å². The van der Waals surface area contributed by atoms with Crippen molar-refractivity contribution in [2.75, 3.05) is 13.1 Å². The van der Waals surface area contributed by atoms with Gasteiger partial charge in [-0.1, -0.05) is 0 Å². The van der Waals surface area contributed by atoms with Crippen LogP contribution in [0.25, 0.3) is 0 Å². The lowest BCUT2D eigenvalue weighted by Gasteiger charge is -2.16. The highest BCUT2D eigenvalue weighted by atomic mass is 32.1. The van der Waals surface area contributed by atoms with Gasteiger partial charge in [0.05, 0.1) is 23.1 Å². The van der Waals surface area contributed by atoms with E-state index in [1.165, 1.54) is 11.3 Å². The third kappa shape index (κ3) is 3.10. The molecule has 2 aromatic heterocycles. The summed E-state index contributed by atoms with van der Waals surface area (Å²) in [6.07, 6.45) is 2.25. The van der Waals surface area contributed by atoms with Crippen LogP contribution in [0.1, 0.15) is 27.2 Å². The third-order valence-corrected chi connectivity index (χ3v) is 4.56. The van der Waals surface area contributed by atoms with E-state index in [-0.39, 0.29) is 12.0 Å². The molecule has 1 atom stereocenters. The van der Waals surface area contributed by atoms with Crippen molar-refractivity contribution in [3.63, 3.8) is 0 Å².